The van der Waals surface area contributed by atoms with Gasteiger partial charge in [0.25, 0.3) is 0 Å². The van der Waals surface area contributed by atoms with Gasteiger partial charge in [0, 0.05) is 6.42 Å². The van der Waals surface area contributed by atoms with Gasteiger partial charge in [-0.25, -0.2) is 0 Å². The molecule has 2 nitrogen and oxygen atoms in total. The summed E-state index contributed by atoms with van der Waals surface area (Å²) in [4.78, 5) is 10.2. The van der Waals surface area contributed by atoms with Crippen molar-refractivity contribution in [3.8, 4) is 0 Å². The van der Waals surface area contributed by atoms with E-state index < -0.39 is 5.97 Å². The standard InChI is InChI=1S/C11H20O2.In.3H/c1-2-3-4-5-6-7-8-9-10-11(12)13;;;;/h2H,1,3-10H2,(H,12,13);;;;. The van der Waals surface area contributed by atoms with Gasteiger partial charge in [-0.3, -0.25) is 4.79 Å². The molecule has 0 aliphatic rings. The van der Waals surface area contributed by atoms with E-state index in [-0.39, 0.29) is 25.8 Å². The van der Waals surface area contributed by atoms with Crippen LogP contribution in [0.15, 0.2) is 12.7 Å². The van der Waals surface area contributed by atoms with Crippen LogP contribution in [-0.4, -0.2) is 36.9 Å². The minimum absolute atomic E-state index is 0. The molecule has 82 valence electrons. The fourth-order valence-electron chi connectivity index (χ4n) is 1.27. The molecule has 0 radical (unpaired) electrons. The third-order valence-corrected chi connectivity index (χ3v) is 2.05. The van der Waals surface area contributed by atoms with Crippen molar-refractivity contribution in [3.05, 3.63) is 12.7 Å². The van der Waals surface area contributed by atoms with Crippen molar-refractivity contribution < 1.29 is 9.90 Å². The second kappa shape index (κ2) is 13.1. The van der Waals surface area contributed by atoms with Gasteiger partial charge in [0.1, 0.15) is 0 Å². The summed E-state index contributed by atoms with van der Waals surface area (Å²) in [6, 6.07) is 0. The summed E-state index contributed by atoms with van der Waals surface area (Å²) in [6.45, 7) is 3.66. The molecular formula is C11H23InO2. The van der Waals surface area contributed by atoms with E-state index in [4.69, 9.17) is 5.11 Å². The number of allylic oxidation sites excluding steroid dienone is 1. The van der Waals surface area contributed by atoms with Crippen LogP contribution in [0.5, 0.6) is 0 Å². The van der Waals surface area contributed by atoms with Gasteiger partial charge >= 0.3 is 31.8 Å². The van der Waals surface area contributed by atoms with Crippen molar-refractivity contribution in [2.45, 2.75) is 51.4 Å². The van der Waals surface area contributed by atoms with Crippen LogP contribution >= 0.6 is 0 Å². The number of carboxylic acid groups (broad SMARTS) is 1. The van der Waals surface area contributed by atoms with Crippen molar-refractivity contribution in [1.82, 2.24) is 0 Å². The molecule has 0 aromatic carbocycles. The van der Waals surface area contributed by atoms with E-state index in [0.717, 1.165) is 19.3 Å². The summed E-state index contributed by atoms with van der Waals surface area (Å²) in [6.07, 6.45) is 10.1. The van der Waals surface area contributed by atoms with Crippen molar-refractivity contribution >= 4 is 31.8 Å². The molecule has 0 aromatic rings. The molecule has 0 saturated carbocycles. The second-order valence-electron chi connectivity index (χ2n) is 3.34. The maximum atomic E-state index is 10.2. The summed E-state index contributed by atoms with van der Waals surface area (Å²) in [7, 11) is 0. The van der Waals surface area contributed by atoms with Crippen LogP contribution in [-0.2, 0) is 4.79 Å². The first kappa shape index (κ1) is 16.5. The summed E-state index contributed by atoms with van der Waals surface area (Å²) >= 11 is 0. The Balaban J connectivity index is 0. The van der Waals surface area contributed by atoms with E-state index in [0.29, 0.717) is 6.42 Å². The van der Waals surface area contributed by atoms with Crippen LogP contribution in [0.3, 0.4) is 0 Å². The topological polar surface area (TPSA) is 37.3 Å². The molecule has 0 fully saturated rings. The quantitative estimate of drug-likeness (QED) is 0.524. The number of aliphatic carboxylic acids is 1. The molecule has 0 aliphatic carbocycles. The zero-order chi connectivity index (χ0) is 9.94. The molecule has 0 aromatic heterocycles. The monoisotopic (exact) mass is 302 g/mol. The molecular weight excluding hydrogens is 279 g/mol. The SMILES string of the molecule is C=CCCCCCCCCC(=O)O.[InH3]. The van der Waals surface area contributed by atoms with Crippen LogP contribution in [0.25, 0.3) is 0 Å². The molecule has 0 atom stereocenters. The average molecular weight is 302 g/mol. The van der Waals surface area contributed by atoms with Gasteiger partial charge in [0.15, 0.2) is 0 Å². The molecule has 14 heavy (non-hydrogen) atoms. The number of hydrogen-bond donors (Lipinski definition) is 1. The van der Waals surface area contributed by atoms with Gasteiger partial charge in [-0.15, -0.1) is 6.58 Å². The Kier molecular flexibility index (Phi) is 15.4. The average Bonchev–Trinajstić information content (AvgIpc) is 2.09. The van der Waals surface area contributed by atoms with Crippen LogP contribution < -0.4 is 0 Å². The number of unbranched alkanes of at least 4 members (excludes halogenated alkanes) is 6. The molecule has 0 aliphatic heterocycles. The molecule has 0 rings (SSSR count). The van der Waals surface area contributed by atoms with Gasteiger partial charge in [0.05, 0.1) is 0 Å². The fourth-order valence-corrected chi connectivity index (χ4v) is 1.27. The molecule has 0 spiro atoms. The number of carboxylic acids is 1. The van der Waals surface area contributed by atoms with Gasteiger partial charge in [-0.05, 0) is 19.3 Å². The summed E-state index contributed by atoms with van der Waals surface area (Å²) in [5.74, 6) is -0.674. The van der Waals surface area contributed by atoms with E-state index >= 15 is 0 Å². The predicted molar refractivity (Wildman–Crippen MR) is 64.7 cm³/mol. The molecule has 1 N–H and O–H groups in total. The van der Waals surface area contributed by atoms with Crippen LogP contribution in [0, 0.1) is 0 Å². The first-order valence-corrected chi connectivity index (χ1v) is 5.10. The van der Waals surface area contributed by atoms with Gasteiger partial charge in [-0.2, -0.15) is 0 Å². The summed E-state index contributed by atoms with van der Waals surface area (Å²) in [5.41, 5.74) is 0. The molecule has 0 saturated heterocycles. The van der Waals surface area contributed by atoms with Gasteiger partial charge in [-0.1, -0.05) is 31.8 Å². The van der Waals surface area contributed by atoms with E-state index in [1.54, 1.807) is 0 Å². The normalized spacial score (nSPS) is 9.14. The molecule has 0 heterocycles. The number of rotatable bonds is 9. The minimum atomic E-state index is -0.674. The van der Waals surface area contributed by atoms with Gasteiger partial charge < -0.3 is 5.11 Å². The Morgan fingerprint density at radius 1 is 1.07 bits per heavy atom. The van der Waals surface area contributed by atoms with Crippen molar-refractivity contribution in [3.63, 3.8) is 0 Å². The first-order valence-electron chi connectivity index (χ1n) is 5.10. The van der Waals surface area contributed by atoms with Crippen molar-refractivity contribution in [1.29, 1.82) is 0 Å². The fraction of sp³-hybridized carbons (Fsp3) is 0.727. The number of hydrogen-bond acceptors (Lipinski definition) is 1. The van der Waals surface area contributed by atoms with Crippen LogP contribution in [0.2, 0.25) is 0 Å². The van der Waals surface area contributed by atoms with Crippen LogP contribution in [0.1, 0.15) is 51.4 Å². The molecule has 0 unspecified atom stereocenters. The number of carbonyl (C=O) groups is 1. The molecule has 0 amide bonds. The molecule has 3 heteroatoms. The molecule has 0 bridgehead atoms. The van der Waals surface area contributed by atoms with Crippen molar-refractivity contribution in [2.75, 3.05) is 0 Å². The van der Waals surface area contributed by atoms with E-state index in [1.807, 2.05) is 6.08 Å². The third kappa shape index (κ3) is 14.6. The Morgan fingerprint density at radius 2 is 1.57 bits per heavy atom. The predicted octanol–water partition coefficient (Wildman–Crippen LogP) is 2.19. The third-order valence-electron chi connectivity index (χ3n) is 2.05. The van der Waals surface area contributed by atoms with Crippen molar-refractivity contribution in [2.24, 2.45) is 0 Å². The van der Waals surface area contributed by atoms with Crippen LogP contribution in [0.4, 0.5) is 0 Å². The first-order chi connectivity index (χ1) is 6.27. The Morgan fingerprint density at radius 3 is 2.07 bits per heavy atom. The van der Waals surface area contributed by atoms with E-state index in [9.17, 15) is 4.79 Å². The summed E-state index contributed by atoms with van der Waals surface area (Å²) < 4.78 is 0. The van der Waals surface area contributed by atoms with E-state index in [1.165, 1.54) is 25.7 Å². The zero-order valence-electron chi connectivity index (χ0n) is 8.30. The van der Waals surface area contributed by atoms with Gasteiger partial charge in [0.2, 0.25) is 0 Å². The zero-order valence-corrected chi connectivity index (χ0v) is 8.30. The maximum absolute atomic E-state index is 10.2. The van der Waals surface area contributed by atoms with E-state index in [2.05, 4.69) is 6.58 Å². The second-order valence-corrected chi connectivity index (χ2v) is 3.34. The Bertz CT molecular complexity index is 146. The summed E-state index contributed by atoms with van der Waals surface area (Å²) in [5, 5.41) is 8.38. The Hall–Kier alpha value is 0.0801. The Labute approximate surface area is 106 Å².